The first kappa shape index (κ1) is 12.6. The van der Waals surface area contributed by atoms with Crippen molar-refractivity contribution in [3.63, 3.8) is 0 Å². The second-order valence-electron chi connectivity index (χ2n) is 7.01. The Bertz CT molecular complexity index is 639. The number of nitrogens with zero attached hydrogens (tertiary/aromatic N) is 1. The Morgan fingerprint density at radius 1 is 0.952 bits per heavy atom. The molecule has 0 spiro atoms. The molecule has 6 atom stereocenters. The lowest BCUT2D eigenvalue weighted by molar-refractivity contribution is -0.129. The highest BCUT2D eigenvalue weighted by atomic mass is 127. The number of carbonyl (C=O) groups is 2. The molecular weight excluding hydrogens is 377 g/mol. The minimum Gasteiger partial charge on any atom is -0.274 e. The Hall–Kier alpha value is -0.910. The second kappa shape index (κ2) is 4.09. The number of imide groups is 1. The molecule has 108 valence electrons. The van der Waals surface area contributed by atoms with Gasteiger partial charge in [0.1, 0.15) is 0 Å². The van der Waals surface area contributed by atoms with Crippen LogP contribution in [0.2, 0.25) is 0 Å². The molecule has 1 aromatic rings. The number of fused-ring (bicyclic) bond motifs is 1. The van der Waals surface area contributed by atoms with Crippen LogP contribution >= 0.6 is 22.6 Å². The van der Waals surface area contributed by atoms with Crippen molar-refractivity contribution < 1.29 is 9.59 Å². The van der Waals surface area contributed by atoms with Gasteiger partial charge < -0.3 is 0 Å². The Balaban J connectivity index is 1.58. The van der Waals surface area contributed by atoms with Crippen LogP contribution in [0.15, 0.2) is 24.3 Å². The van der Waals surface area contributed by atoms with E-state index in [0.29, 0.717) is 11.8 Å². The van der Waals surface area contributed by atoms with Gasteiger partial charge in [0.15, 0.2) is 0 Å². The summed E-state index contributed by atoms with van der Waals surface area (Å²) >= 11 is 2.23. The van der Waals surface area contributed by atoms with E-state index in [4.69, 9.17) is 0 Å². The quantitative estimate of drug-likeness (QED) is 0.543. The summed E-state index contributed by atoms with van der Waals surface area (Å²) < 4.78 is 1.06. The first-order chi connectivity index (χ1) is 10.2. The van der Waals surface area contributed by atoms with E-state index in [9.17, 15) is 9.59 Å². The number of anilines is 1. The fourth-order valence-electron chi connectivity index (χ4n) is 5.41. The Labute approximate surface area is 137 Å². The highest BCUT2D eigenvalue weighted by Crippen LogP contribution is 2.68. The molecule has 5 fully saturated rings. The lowest BCUT2D eigenvalue weighted by Gasteiger charge is -2.42. The van der Waals surface area contributed by atoms with Crippen molar-refractivity contribution in [1.82, 2.24) is 0 Å². The van der Waals surface area contributed by atoms with Crippen LogP contribution in [-0.4, -0.2) is 11.8 Å². The maximum Gasteiger partial charge on any atom is 0.237 e. The van der Waals surface area contributed by atoms with Gasteiger partial charge in [-0.25, -0.2) is 0 Å². The van der Waals surface area contributed by atoms with Gasteiger partial charge in [-0.15, -0.1) is 0 Å². The van der Waals surface area contributed by atoms with E-state index in [1.807, 2.05) is 24.3 Å². The molecule has 6 unspecified atom stereocenters. The predicted molar refractivity (Wildman–Crippen MR) is 86.4 cm³/mol. The summed E-state index contributed by atoms with van der Waals surface area (Å²) in [5, 5.41) is 0. The maximum absolute atomic E-state index is 12.9. The Kier molecular flexibility index (Phi) is 2.46. The average Bonchev–Trinajstić information content (AvgIpc) is 3.24. The number of hydrogen-bond donors (Lipinski definition) is 0. The molecule has 0 radical (unpaired) electrons. The maximum atomic E-state index is 12.9. The highest BCUT2D eigenvalue weighted by molar-refractivity contribution is 14.1. The first-order valence-electron chi connectivity index (χ1n) is 7.80. The molecule has 6 rings (SSSR count). The van der Waals surface area contributed by atoms with Crippen LogP contribution in [0.5, 0.6) is 0 Å². The molecule has 2 amide bonds. The molecule has 4 aliphatic carbocycles. The third-order valence-corrected chi connectivity index (χ3v) is 6.88. The van der Waals surface area contributed by atoms with Crippen molar-refractivity contribution in [3.8, 4) is 0 Å². The largest absolute Gasteiger partial charge is 0.274 e. The molecule has 2 bridgehead atoms. The van der Waals surface area contributed by atoms with Gasteiger partial charge in [0.2, 0.25) is 11.8 Å². The molecule has 1 aromatic carbocycles. The average molecular weight is 393 g/mol. The summed E-state index contributed by atoms with van der Waals surface area (Å²) in [6, 6.07) is 7.74. The fourth-order valence-corrected chi connectivity index (χ4v) is 5.93. The van der Waals surface area contributed by atoms with Crippen LogP contribution in [0.3, 0.4) is 0 Å². The third kappa shape index (κ3) is 1.54. The van der Waals surface area contributed by atoms with E-state index in [0.717, 1.165) is 33.9 Å². The summed E-state index contributed by atoms with van der Waals surface area (Å²) in [5.41, 5.74) is 0.763. The summed E-state index contributed by atoms with van der Waals surface area (Å²) in [5.74, 6) is 2.58. The molecule has 4 saturated carbocycles. The standard InChI is InChI=1S/C17H16INO2/c18-8-2-1-3-9(6-8)19-16(20)14-10-4-5-11(13-7-12(10)13)15(14)17(19)21/h1-3,6,10-15H,4-5,7H2. The van der Waals surface area contributed by atoms with Crippen LogP contribution in [0.4, 0.5) is 5.69 Å². The normalized spacial score (nSPS) is 43.0. The Morgan fingerprint density at radius 3 is 2.14 bits per heavy atom. The van der Waals surface area contributed by atoms with Crippen molar-refractivity contribution in [3.05, 3.63) is 27.8 Å². The van der Waals surface area contributed by atoms with Crippen molar-refractivity contribution in [2.75, 3.05) is 4.90 Å². The summed E-state index contributed by atoms with van der Waals surface area (Å²) in [6.45, 7) is 0. The fraction of sp³-hybridized carbons (Fsp3) is 0.529. The highest BCUT2D eigenvalue weighted by Gasteiger charge is 2.68. The predicted octanol–water partition coefficient (Wildman–Crippen LogP) is 3.07. The number of benzene rings is 1. The number of rotatable bonds is 1. The van der Waals surface area contributed by atoms with Gasteiger partial charge in [0, 0.05) is 3.57 Å². The van der Waals surface area contributed by atoms with Gasteiger partial charge in [-0.05, 0) is 83.7 Å². The van der Waals surface area contributed by atoms with Gasteiger partial charge in [0.25, 0.3) is 0 Å². The van der Waals surface area contributed by atoms with Crippen molar-refractivity contribution in [1.29, 1.82) is 0 Å². The molecule has 5 aliphatic rings. The molecule has 0 aromatic heterocycles. The second-order valence-corrected chi connectivity index (χ2v) is 8.26. The van der Waals surface area contributed by atoms with E-state index in [1.165, 1.54) is 11.3 Å². The third-order valence-electron chi connectivity index (χ3n) is 6.21. The zero-order valence-electron chi connectivity index (χ0n) is 11.5. The number of amides is 2. The van der Waals surface area contributed by atoms with Gasteiger partial charge in [0.05, 0.1) is 17.5 Å². The van der Waals surface area contributed by atoms with Crippen LogP contribution in [-0.2, 0) is 9.59 Å². The summed E-state index contributed by atoms with van der Waals surface area (Å²) in [7, 11) is 0. The summed E-state index contributed by atoms with van der Waals surface area (Å²) in [6.07, 6.45) is 3.59. The van der Waals surface area contributed by atoms with Gasteiger partial charge in [-0.3, -0.25) is 14.5 Å². The molecule has 0 N–H and O–H groups in total. The SMILES string of the molecule is O=C1C2C3CCC(C4CC43)C2C(=O)N1c1cccc(I)c1. The molecule has 21 heavy (non-hydrogen) atoms. The van der Waals surface area contributed by atoms with E-state index in [-0.39, 0.29) is 23.7 Å². The van der Waals surface area contributed by atoms with Gasteiger partial charge in [-0.2, -0.15) is 0 Å². The smallest absolute Gasteiger partial charge is 0.237 e. The number of hydrogen-bond acceptors (Lipinski definition) is 2. The minimum absolute atomic E-state index is 0.0159. The Morgan fingerprint density at radius 2 is 1.57 bits per heavy atom. The number of carbonyl (C=O) groups excluding carboxylic acids is 2. The van der Waals surface area contributed by atoms with E-state index in [2.05, 4.69) is 22.6 Å². The molecule has 1 heterocycles. The molecular formula is C17H16INO2. The minimum atomic E-state index is -0.0159. The number of halogens is 1. The summed E-state index contributed by atoms with van der Waals surface area (Å²) in [4.78, 5) is 27.3. The van der Waals surface area contributed by atoms with E-state index >= 15 is 0 Å². The van der Waals surface area contributed by atoms with Gasteiger partial charge >= 0.3 is 0 Å². The lowest BCUT2D eigenvalue weighted by atomic mass is 9.59. The van der Waals surface area contributed by atoms with Crippen molar-refractivity contribution in [2.24, 2.45) is 35.5 Å². The van der Waals surface area contributed by atoms with Crippen molar-refractivity contribution >= 4 is 40.1 Å². The molecule has 1 saturated heterocycles. The molecule has 3 nitrogen and oxygen atoms in total. The van der Waals surface area contributed by atoms with Crippen LogP contribution < -0.4 is 4.90 Å². The van der Waals surface area contributed by atoms with Gasteiger partial charge in [-0.1, -0.05) is 6.07 Å². The van der Waals surface area contributed by atoms with E-state index < -0.39 is 0 Å². The lowest BCUT2D eigenvalue weighted by Crippen LogP contribution is -2.43. The topological polar surface area (TPSA) is 37.4 Å². The monoisotopic (exact) mass is 393 g/mol. The van der Waals surface area contributed by atoms with E-state index in [1.54, 1.807) is 0 Å². The molecule has 1 aliphatic heterocycles. The van der Waals surface area contributed by atoms with Crippen LogP contribution in [0, 0.1) is 39.1 Å². The first-order valence-corrected chi connectivity index (χ1v) is 8.88. The van der Waals surface area contributed by atoms with Crippen molar-refractivity contribution in [2.45, 2.75) is 19.3 Å². The van der Waals surface area contributed by atoms with Crippen LogP contribution in [0.25, 0.3) is 0 Å². The molecule has 4 heteroatoms. The zero-order valence-corrected chi connectivity index (χ0v) is 13.7. The zero-order chi connectivity index (χ0) is 14.3. The van der Waals surface area contributed by atoms with Crippen LogP contribution in [0.1, 0.15) is 19.3 Å².